The lowest BCUT2D eigenvalue weighted by molar-refractivity contribution is 0.188. The van der Waals surface area contributed by atoms with Crippen LogP contribution < -0.4 is 4.74 Å². The zero-order chi connectivity index (χ0) is 11.4. The maximum Gasteiger partial charge on any atom is 0.119 e. The minimum Gasteiger partial charge on any atom is -0.493 e. The Balaban J connectivity index is 1.79. The van der Waals surface area contributed by atoms with Crippen molar-refractivity contribution in [1.82, 2.24) is 0 Å². The minimum absolute atomic E-state index is 0.775. The summed E-state index contributed by atoms with van der Waals surface area (Å²) < 4.78 is 5.86. The molecule has 1 nitrogen and oxygen atoms in total. The lowest BCUT2D eigenvalue weighted by Crippen LogP contribution is -2.18. The number of aryl methyl sites for hydroxylation is 1. The zero-order valence-corrected chi connectivity index (χ0v) is 10.4. The first-order valence-corrected chi connectivity index (χ1v) is 6.43. The Bertz CT molecular complexity index is 324. The lowest BCUT2D eigenvalue weighted by atomic mass is 9.83. The highest BCUT2D eigenvalue weighted by molar-refractivity contribution is 5.27. The van der Waals surface area contributed by atoms with Gasteiger partial charge in [-0.15, -0.1) is 0 Å². The number of benzene rings is 1. The van der Waals surface area contributed by atoms with Crippen molar-refractivity contribution in [3.05, 3.63) is 29.8 Å². The molecule has 0 N–H and O–H groups in total. The fraction of sp³-hybridized carbons (Fsp3) is 0.600. The Labute approximate surface area is 98.8 Å². The number of hydrogen-bond acceptors (Lipinski definition) is 1. The molecule has 1 saturated carbocycles. The molecule has 16 heavy (non-hydrogen) atoms. The van der Waals surface area contributed by atoms with Gasteiger partial charge in [-0.2, -0.15) is 0 Å². The maximum absolute atomic E-state index is 5.86. The fourth-order valence-electron chi connectivity index (χ4n) is 2.41. The van der Waals surface area contributed by atoms with Crippen LogP contribution in [-0.4, -0.2) is 6.61 Å². The molecule has 1 fully saturated rings. The van der Waals surface area contributed by atoms with Crippen LogP contribution in [0.2, 0.25) is 0 Å². The molecule has 0 bridgehead atoms. The Morgan fingerprint density at radius 1 is 1.19 bits per heavy atom. The van der Waals surface area contributed by atoms with Crippen LogP contribution >= 0.6 is 0 Å². The van der Waals surface area contributed by atoms with Crippen molar-refractivity contribution < 1.29 is 4.74 Å². The third kappa shape index (κ3) is 3.26. The van der Waals surface area contributed by atoms with E-state index in [0.717, 1.165) is 24.2 Å². The molecule has 1 aliphatic carbocycles. The van der Waals surface area contributed by atoms with Crippen LogP contribution in [0.15, 0.2) is 24.3 Å². The van der Waals surface area contributed by atoms with Gasteiger partial charge in [0.15, 0.2) is 0 Å². The Morgan fingerprint density at radius 2 is 1.94 bits per heavy atom. The monoisotopic (exact) mass is 218 g/mol. The van der Waals surface area contributed by atoms with E-state index in [0.29, 0.717) is 0 Å². The van der Waals surface area contributed by atoms with Crippen LogP contribution in [0.3, 0.4) is 0 Å². The first-order chi connectivity index (χ1) is 7.74. The summed E-state index contributed by atoms with van der Waals surface area (Å²) in [6.45, 7) is 5.36. The molecule has 1 aliphatic rings. The first-order valence-electron chi connectivity index (χ1n) is 6.43. The van der Waals surface area contributed by atoms with Crippen molar-refractivity contribution >= 4 is 0 Å². The van der Waals surface area contributed by atoms with Gasteiger partial charge >= 0.3 is 0 Å². The highest BCUT2D eigenvalue weighted by Crippen LogP contribution is 2.28. The Kier molecular flexibility index (Phi) is 3.87. The van der Waals surface area contributed by atoms with E-state index < -0.39 is 0 Å². The van der Waals surface area contributed by atoms with Gasteiger partial charge in [0.05, 0.1) is 6.61 Å². The second-order valence-corrected chi connectivity index (χ2v) is 5.25. The predicted molar refractivity (Wildman–Crippen MR) is 67.8 cm³/mol. The SMILES string of the molecule is Cc1cccc(OCC2CCC(C)CC2)c1. The molecule has 2 rings (SSSR count). The average Bonchev–Trinajstić information content (AvgIpc) is 2.28. The molecule has 0 aliphatic heterocycles. The number of rotatable bonds is 3. The molecular weight excluding hydrogens is 196 g/mol. The van der Waals surface area contributed by atoms with Crippen molar-refractivity contribution in [2.75, 3.05) is 6.61 Å². The van der Waals surface area contributed by atoms with Gasteiger partial charge < -0.3 is 4.74 Å². The van der Waals surface area contributed by atoms with Crippen LogP contribution in [0.25, 0.3) is 0 Å². The standard InChI is InChI=1S/C15H22O/c1-12-6-8-14(9-7-12)11-16-15-5-3-4-13(2)10-15/h3-5,10,12,14H,6-9,11H2,1-2H3. The van der Waals surface area contributed by atoms with Gasteiger partial charge in [-0.3, -0.25) is 0 Å². The van der Waals surface area contributed by atoms with E-state index in [1.807, 2.05) is 0 Å². The van der Waals surface area contributed by atoms with E-state index in [1.54, 1.807) is 0 Å². The molecule has 0 radical (unpaired) electrons. The highest BCUT2D eigenvalue weighted by Gasteiger charge is 2.18. The smallest absolute Gasteiger partial charge is 0.119 e. The van der Waals surface area contributed by atoms with Crippen molar-refractivity contribution in [2.45, 2.75) is 39.5 Å². The van der Waals surface area contributed by atoms with Gasteiger partial charge in [0, 0.05) is 0 Å². The summed E-state index contributed by atoms with van der Waals surface area (Å²) in [6, 6.07) is 8.34. The van der Waals surface area contributed by atoms with Gasteiger partial charge in [-0.1, -0.05) is 31.9 Å². The quantitative estimate of drug-likeness (QED) is 0.738. The summed E-state index contributed by atoms with van der Waals surface area (Å²) in [7, 11) is 0. The normalized spacial score (nSPS) is 25.4. The molecule has 88 valence electrons. The lowest BCUT2D eigenvalue weighted by Gasteiger charge is -2.26. The predicted octanol–water partition coefficient (Wildman–Crippen LogP) is 4.20. The van der Waals surface area contributed by atoms with Gasteiger partial charge in [0.2, 0.25) is 0 Å². The first kappa shape index (κ1) is 11.5. The van der Waals surface area contributed by atoms with E-state index in [-0.39, 0.29) is 0 Å². The molecule has 0 amide bonds. The Hall–Kier alpha value is -0.980. The van der Waals surface area contributed by atoms with Crippen molar-refractivity contribution in [2.24, 2.45) is 11.8 Å². The van der Waals surface area contributed by atoms with Crippen molar-refractivity contribution in [3.8, 4) is 5.75 Å². The molecule has 1 aromatic rings. The van der Waals surface area contributed by atoms with Crippen LogP contribution in [0, 0.1) is 18.8 Å². The average molecular weight is 218 g/mol. The summed E-state index contributed by atoms with van der Waals surface area (Å²) in [5.74, 6) is 2.73. The van der Waals surface area contributed by atoms with Crippen molar-refractivity contribution in [1.29, 1.82) is 0 Å². The van der Waals surface area contributed by atoms with E-state index in [4.69, 9.17) is 4.74 Å². The van der Waals surface area contributed by atoms with Crippen molar-refractivity contribution in [3.63, 3.8) is 0 Å². The summed E-state index contributed by atoms with van der Waals surface area (Å²) >= 11 is 0. The Morgan fingerprint density at radius 3 is 2.62 bits per heavy atom. The zero-order valence-electron chi connectivity index (χ0n) is 10.4. The molecule has 1 heteroatoms. The molecular formula is C15H22O. The second-order valence-electron chi connectivity index (χ2n) is 5.25. The minimum atomic E-state index is 0.775. The van der Waals surface area contributed by atoms with E-state index in [1.165, 1.54) is 31.2 Å². The molecule has 0 atom stereocenters. The molecule has 1 aromatic carbocycles. The number of hydrogen-bond donors (Lipinski definition) is 0. The van der Waals surface area contributed by atoms with Crippen LogP contribution in [0.5, 0.6) is 5.75 Å². The topological polar surface area (TPSA) is 9.23 Å². The van der Waals surface area contributed by atoms with Crippen LogP contribution in [-0.2, 0) is 0 Å². The number of ether oxygens (including phenoxy) is 1. The molecule has 0 spiro atoms. The highest BCUT2D eigenvalue weighted by atomic mass is 16.5. The second kappa shape index (κ2) is 5.38. The fourth-order valence-corrected chi connectivity index (χ4v) is 2.41. The summed E-state index contributed by atoms with van der Waals surface area (Å²) in [5, 5.41) is 0. The molecule has 0 aromatic heterocycles. The largest absolute Gasteiger partial charge is 0.493 e. The van der Waals surface area contributed by atoms with E-state index in [2.05, 4.69) is 38.1 Å². The van der Waals surface area contributed by atoms with Crippen LogP contribution in [0.4, 0.5) is 0 Å². The van der Waals surface area contributed by atoms with E-state index in [9.17, 15) is 0 Å². The van der Waals surface area contributed by atoms with Gasteiger partial charge in [-0.25, -0.2) is 0 Å². The van der Waals surface area contributed by atoms with Gasteiger partial charge in [0.1, 0.15) is 5.75 Å². The molecule has 0 unspecified atom stereocenters. The van der Waals surface area contributed by atoms with Crippen LogP contribution in [0.1, 0.15) is 38.2 Å². The summed E-state index contributed by atoms with van der Waals surface area (Å²) in [4.78, 5) is 0. The van der Waals surface area contributed by atoms with E-state index >= 15 is 0 Å². The van der Waals surface area contributed by atoms with Gasteiger partial charge in [-0.05, 0) is 49.3 Å². The summed E-state index contributed by atoms with van der Waals surface area (Å²) in [6.07, 6.45) is 5.43. The van der Waals surface area contributed by atoms with Gasteiger partial charge in [0.25, 0.3) is 0 Å². The molecule has 0 heterocycles. The summed E-state index contributed by atoms with van der Waals surface area (Å²) in [5.41, 5.74) is 1.27. The maximum atomic E-state index is 5.86. The third-order valence-corrected chi connectivity index (χ3v) is 3.61. The molecule has 0 saturated heterocycles. The third-order valence-electron chi connectivity index (χ3n) is 3.61.